The maximum atomic E-state index is 13.7. The number of anilines is 1. The molecule has 1 aliphatic heterocycles. The molecule has 0 spiro atoms. The SMILES string of the molecule is C#CCOc1cc([C@@H]2CC(=O)Nc3c2ncn3-c2cccc(F)c2)ccc1OC. The molecular weight excluding hydrogens is 373 g/mol. The summed E-state index contributed by atoms with van der Waals surface area (Å²) in [5, 5.41) is 2.85. The van der Waals surface area contributed by atoms with Crippen LogP contribution >= 0.6 is 0 Å². The van der Waals surface area contributed by atoms with Gasteiger partial charge in [-0.15, -0.1) is 6.42 Å². The van der Waals surface area contributed by atoms with Crippen LogP contribution in [0.25, 0.3) is 5.69 Å². The van der Waals surface area contributed by atoms with Crippen LogP contribution in [0.3, 0.4) is 0 Å². The normalized spacial score (nSPS) is 15.2. The Kier molecular flexibility index (Phi) is 4.92. The Morgan fingerprint density at radius 1 is 1.31 bits per heavy atom. The van der Waals surface area contributed by atoms with Gasteiger partial charge in [0.25, 0.3) is 0 Å². The highest BCUT2D eigenvalue weighted by Crippen LogP contribution is 2.40. The van der Waals surface area contributed by atoms with E-state index in [4.69, 9.17) is 15.9 Å². The molecule has 1 aliphatic rings. The van der Waals surface area contributed by atoms with Crippen molar-refractivity contribution < 1.29 is 18.7 Å². The number of nitrogens with zero attached hydrogens (tertiary/aromatic N) is 2. The van der Waals surface area contributed by atoms with Crippen LogP contribution < -0.4 is 14.8 Å². The molecule has 0 fully saturated rings. The smallest absolute Gasteiger partial charge is 0.226 e. The average Bonchev–Trinajstić information content (AvgIpc) is 3.15. The van der Waals surface area contributed by atoms with Gasteiger partial charge in [-0.2, -0.15) is 0 Å². The van der Waals surface area contributed by atoms with Crippen LogP contribution in [-0.4, -0.2) is 29.2 Å². The minimum absolute atomic E-state index is 0.102. The third kappa shape index (κ3) is 3.52. The third-order valence-corrected chi connectivity index (χ3v) is 4.76. The van der Waals surface area contributed by atoms with Crippen LogP contribution in [0.15, 0.2) is 48.8 Å². The minimum Gasteiger partial charge on any atom is -0.493 e. The first-order chi connectivity index (χ1) is 14.1. The fourth-order valence-corrected chi connectivity index (χ4v) is 3.45. The molecule has 1 amide bonds. The largest absolute Gasteiger partial charge is 0.493 e. The maximum absolute atomic E-state index is 13.7. The Balaban J connectivity index is 1.76. The highest BCUT2D eigenvalue weighted by atomic mass is 19.1. The number of imidazole rings is 1. The first-order valence-corrected chi connectivity index (χ1v) is 8.98. The monoisotopic (exact) mass is 391 g/mol. The summed E-state index contributed by atoms with van der Waals surface area (Å²) in [4.78, 5) is 16.9. The summed E-state index contributed by atoms with van der Waals surface area (Å²) in [6.07, 6.45) is 7.10. The number of hydrogen-bond acceptors (Lipinski definition) is 4. The number of amides is 1. The zero-order valence-electron chi connectivity index (χ0n) is 15.7. The summed E-state index contributed by atoms with van der Waals surface area (Å²) in [6.45, 7) is 0.102. The Bertz CT molecular complexity index is 1120. The van der Waals surface area contributed by atoms with E-state index >= 15 is 0 Å². The number of methoxy groups -OCH3 is 1. The van der Waals surface area contributed by atoms with Crippen LogP contribution in [0.4, 0.5) is 10.2 Å². The molecule has 6 nitrogen and oxygen atoms in total. The lowest BCUT2D eigenvalue weighted by Crippen LogP contribution is -2.25. The van der Waals surface area contributed by atoms with Gasteiger partial charge in [-0.25, -0.2) is 9.37 Å². The molecule has 29 heavy (non-hydrogen) atoms. The number of carbonyl (C=O) groups excluding carboxylic acids is 1. The van der Waals surface area contributed by atoms with Crippen LogP contribution in [0, 0.1) is 18.2 Å². The lowest BCUT2D eigenvalue weighted by Gasteiger charge is -2.24. The highest BCUT2D eigenvalue weighted by molar-refractivity contribution is 5.94. The predicted octanol–water partition coefficient (Wildman–Crippen LogP) is 3.51. The average molecular weight is 391 g/mol. The summed E-state index contributed by atoms with van der Waals surface area (Å²) >= 11 is 0. The summed E-state index contributed by atoms with van der Waals surface area (Å²) in [6, 6.07) is 11.6. The van der Waals surface area contributed by atoms with Gasteiger partial charge in [0.1, 0.15) is 24.6 Å². The van der Waals surface area contributed by atoms with Gasteiger partial charge in [0.2, 0.25) is 5.91 Å². The van der Waals surface area contributed by atoms with Gasteiger partial charge < -0.3 is 14.8 Å². The molecule has 0 radical (unpaired) electrons. The van der Waals surface area contributed by atoms with E-state index in [9.17, 15) is 9.18 Å². The second kappa shape index (κ2) is 7.68. The highest BCUT2D eigenvalue weighted by Gasteiger charge is 2.31. The zero-order chi connectivity index (χ0) is 20.4. The van der Waals surface area contributed by atoms with Crippen molar-refractivity contribution in [2.75, 3.05) is 19.0 Å². The fraction of sp³-hybridized carbons (Fsp3) is 0.182. The van der Waals surface area contributed by atoms with Crippen molar-refractivity contribution in [2.24, 2.45) is 0 Å². The van der Waals surface area contributed by atoms with E-state index in [0.29, 0.717) is 28.7 Å². The number of halogens is 1. The topological polar surface area (TPSA) is 65.4 Å². The van der Waals surface area contributed by atoms with Gasteiger partial charge in [-0.3, -0.25) is 9.36 Å². The van der Waals surface area contributed by atoms with Crippen molar-refractivity contribution in [3.63, 3.8) is 0 Å². The standard InChI is InChI=1S/C22H18FN3O3/c1-3-9-29-19-10-14(7-8-18(19)28-2)17-12-20(27)25-22-21(17)24-13-26(22)16-6-4-5-15(23)11-16/h1,4-8,10-11,13,17H,9,12H2,2H3,(H,25,27)/t17-/m0/s1. The fourth-order valence-electron chi connectivity index (χ4n) is 3.45. The molecule has 0 unspecified atom stereocenters. The summed E-state index contributed by atoms with van der Waals surface area (Å²) in [5.74, 6) is 3.20. The predicted molar refractivity (Wildman–Crippen MR) is 106 cm³/mol. The number of fused-ring (bicyclic) bond motifs is 1. The number of terminal acetylenes is 1. The number of hydrogen-bond donors (Lipinski definition) is 1. The van der Waals surface area contributed by atoms with E-state index in [2.05, 4.69) is 16.2 Å². The molecule has 7 heteroatoms. The molecule has 0 saturated carbocycles. The van der Waals surface area contributed by atoms with Crippen LogP contribution in [0.5, 0.6) is 11.5 Å². The third-order valence-electron chi connectivity index (χ3n) is 4.76. The number of ether oxygens (including phenoxy) is 2. The molecule has 0 aliphatic carbocycles. The molecule has 2 heterocycles. The second-order valence-electron chi connectivity index (χ2n) is 6.54. The van der Waals surface area contributed by atoms with E-state index in [1.807, 2.05) is 12.1 Å². The first-order valence-electron chi connectivity index (χ1n) is 8.98. The van der Waals surface area contributed by atoms with Crippen LogP contribution in [-0.2, 0) is 4.79 Å². The number of nitrogens with one attached hydrogen (secondary N) is 1. The molecule has 1 aromatic heterocycles. The molecule has 4 rings (SSSR count). The van der Waals surface area contributed by atoms with Crippen LogP contribution in [0.1, 0.15) is 23.6 Å². The Morgan fingerprint density at radius 3 is 2.93 bits per heavy atom. The minimum atomic E-state index is -0.367. The van der Waals surface area contributed by atoms with Crippen molar-refractivity contribution in [3.8, 4) is 29.5 Å². The van der Waals surface area contributed by atoms with E-state index in [0.717, 1.165) is 5.56 Å². The van der Waals surface area contributed by atoms with Crippen LogP contribution in [0.2, 0.25) is 0 Å². The summed E-state index contributed by atoms with van der Waals surface area (Å²) in [7, 11) is 1.55. The summed E-state index contributed by atoms with van der Waals surface area (Å²) in [5.41, 5.74) is 2.12. The van der Waals surface area contributed by atoms with Gasteiger partial charge in [0, 0.05) is 12.3 Å². The van der Waals surface area contributed by atoms with E-state index in [-0.39, 0.29) is 30.7 Å². The van der Waals surface area contributed by atoms with E-state index in [1.165, 1.54) is 12.1 Å². The molecule has 146 valence electrons. The number of benzene rings is 2. The number of aromatic nitrogens is 2. The Morgan fingerprint density at radius 2 is 2.17 bits per heavy atom. The second-order valence-corrected chi connectivity index (χ2v) is 6.54. The van der Waals surface area contributed by atoms with E-state index in [1.54, 1.807) is 36.2 Å². The Hall–Kier alpha value is -3.79. The molecule has 3 aromatic rings. The number of carbonyl (C=O) groups is 1. The molecule has 0 bridgehead atoms. The van der Waals surface area contributed by atoms with Gasteiger partial charge in [0.05, 0.1) is 18.5 Å². The van der Waals surface area contributed by atoms with Crippen molar-refractivity contribution in [1.82, 2.24) is 9.55 Å². The van der Waals surface area contributed by atoms with Crippen molar-refractivity contribution in [3.05, 3.63) is 65.9 Å². The van der Waals surface area contributed by atoms with Gasteiger partial charge in [-0.05, 0) is 35.9 Å². The van der Waals surface area contributed by atoms with Crippen molar-refractivity contribution in [2.45, 2.75) is 12.3 Å². The van der Waals surface area contributed by atoms with Crippen molar-refractivity contribution >= 4 is 11.7 Å². The lowest BCUT2D eigenvalue weighted by molar-refractivity contribution is -0.116. The molecule has 1 N–H and O–H groups in total. The Labute approximate surface area is 167 Å². The van der Waals surface area contributed by atoms with Crippen molar-refractivity contribution in [1.29, 1.82) is 0 Å². The molecule has 1 atom stereocenters. The number of rotatable bonds is 5. The molecular formula is C22H18FN3O3. The molecule has 2 aromatic carbocycles. The maximum Gasteiger partial charge on any atom is 0.226 e. The van der Waals surface area contributed by atoms with Gasteiger partial charge in [-0.1, -0.05) is 18.1 Å². The summed E-state index contributed by atoms with van der Waals surface area (Å²) < 4.78 is 26.2. The first kappa shape index (κ1) is 18.6. The van der Waals surface area contributed by atoms with E-state index < -0.39 is 0 Å². The molecule has 0 saturated heterocycles. The van der Waals surface area contributed by atoms with Gasteiger partial charge in [0.15, 0.2) is 11.5 Å². The lowest BCUT2D eigenvalue weighted by atomic mass is 9.89. The van der Waals surface area contributed by atoms with Gasteiger partial charge >= 0.3 is 0 Å². The zero-order valence-corrected chi connectivity index (χ0v) is 15.7. The quantitative estimate of drug-likeness (QED) is 0.676.